The Kier molecular flexibility index (Phi) is 3.84. The summed E-state index contributed by atoms with van der Waals surface area (Å²) in [6.07, 6.45) is 0. The maximum atomic E-state index is 5.24. The molecule has 0 amide bonds. The number of aryl methyl sites for hydroxylation is 1. The summed E-state index contributed by atoms with van der Waals surface area (Å²) in [5, 5.41) is 11.2. The molecular formula is C14H12BrN3OS. The Morgan fingerprint density at radius 2 is 2.25 bits per heavy atom. The Balaban J connectivity index is 1.70. The van der Waals surface area contributed by atoms with Crippen molar-refractivity contribution in [3.05, 3.63) is 51.0 Å². The second-order valence-electron chi connectivity index (χ2n) is 4.36. The molecule has 102 valence electrons. The third-order valence-electron chi connectivity index (χ3n) is 2.80. The minimum absolute atomic E-state index is 0.499. The van der Waals surface area contributed by atoms with Crippen molar-refractivity contribution in [2.24, 2.45) is 0 Å². The van der Waals surface area contributed by atoms with Crippen molar-refractivity contribution in [3.63, 3.8) is 0 Å². The average molecular weight is 350 g/mol. The molecule has 0 unspecified atom stereocenters. The van der Waals surface area contributed by atoms with Crippen molar-refractivity contribution >= 4 is 33.0 Å². The highest BCUT2D eigenvalue weighted by Crippen LogP contribution is 2.24. The second-order valence-corrected chi connectivity index (χ2v) is 5.99. The van der Waals surface area contributed by atoms with E-state index in [4.69, 9.17) is 4.52 Å². The normalized spacial score (nSPS) is 10.7. The number of nitrogens with zero attached hydrogens (tertiary/aromatic N) is 2. The molecule has 0 saturated carbocycles. The van der Waals surface area contributed by atoms with Gasteiger partial charge in [0.25, 0.3) is 0 Å². The quantitative estimate of drug-likeness (QED) is 0.754. The largest absolute Gasteiger partial charge is 0.375 e. The monoisotopic (exact) mass is 349 g/mol. The van der Waals surface area contributed by atoms with Crippen molar-refractivity contribution < 1.29 is 4.52 Å². The van der Waals surface area contributed by atoms with Crippen molar-refractivity contribution in [2.75, 3.05) is 5.32 Å². The molecule has 0 aliphatic carbocycles. The number of rotatable bonds is 4. The number of nitrogens with one attached hydrogen (secondary N) is 1. The van der Waals surface area contributed by atoms with Crippen molar-refractivity contribution in [1.82, 2.24) is 10.1 Å². The lowest BCUT2D eigenvalue weighted by atomic mass is 10.2. The highest BCUT2D eigenvalue weighted by atomic mass is 79.9. The van der Waals surface area contributed by atoms with Crippen LogP contribution in [0.4, 0.5) is 5.69 Å². The zero-order valence-corrected chi connectivity index (χ0v) is 13.2. The third kappa shape index (κ3) is 2.91. The van der Waals surface area contributed by atoms with Crippen LogP contribution in [0, 0.1) is 6.92 Å². The molecule has 0 radical (unpaired) electrons. The fraction of sp³-hybridized carbons (Fsp3) is 0.143. The van der Waals surface area contributed by atoms with Gasteiger partial charge in [0.05, 0.1) is 6.54 Å². The van der Waals surface area contributed by atoms with E-state index in [0.717, 1.165) is 15.7 Å². The minimum Gasteiger partial charge on any atom is -0.375 e. The molecule has 3 aromatic rings. The standard InChI is InChI=1S/C14H12BrN3OS/c1-9-2-3-12(11(15)6-9)16-7-13-17-14(18-19-13)10-4-5-20-8-10/h2-6,8,16H,7H2,1H3. The first kappa shape index (κ1) is 13.3. The molecule has 0 atom stereocenters. The Morgan fingerprint density at radius 3 is 3.00 bits per heavy atom. The van der Waals surface area contributed by atoms with Gasteiger partial charge in [0.2, 0.25) is 11.7 Å². The summed E-state index contributed by atoms with van der Waals surface area (Å²) < 4.78 is 6.26. The van der Waals surface area contributed by atoms with Crippen molar-refractivity contribution in [2.45, 2.75) is 13.5 Å². The summed E-state index contributed by atoms with van der Waals surface area (Å²) in [6.45, 7) is 2.55. The number of anilines is 1. The molecule has 2 heterocycles. The van der Waals surface area contributed by atoms with Crippen molar-refractivity contribution in [3.8, 4) is 11.4 Å². The van der Waals surface area contributed by atoms with Crippen LogP contribution in [0.25, 0.3) is 11.4 Å². The van der Waals surface area contributed by atoms with Crippen LogP contribution >= 0.6 is 27.3 Å². The van der Waals surface area contributed by atoms with Crippen molar-refractivity contribution in [1.29, 1.82) is 0 Å². The second kappa shape index (κ2) is 5.76. The molecule has 20 heavy (non-hydrogen) atoms. The summed E-state index contributed by atoms with van der Waals surface area (Å²) in [5.41, 5.74) is 3.20. The summed E-state index contributed by atoms with van der Waals surface area (Å²) >= 11 is 5.14. The van der Waals surface area contributed by atoms with Gasteiger partial charge >= 0.3 is 0 Å². The third-order valence-corrected chi connectivity index (χ3v) is 4.14. The first-order valence-corrected chi connectivity index (χ1v) is 7.81. The maximum absolute atomic E-state index is 5.24. The molecule has 1 N–H and O–H groups in total. The van der Waals surface area contributed by atoms with Crippen LogP contribution in [0.2, 0.25) is 0 Å². The molecule has 0 spiro atoms. The lowest BCUT2D eigenvalue weighted by Crippen LogP contribution is -2.00. The van der Waals surface area contributed by atoms with E-state index in [1.54, 1.807) is 11.3 Å². The van der Waals surface area contributed by atoms with Crippen LogP contribution in [-0.2, 0) is 6.54 Å². The summed E-state index contributed by atoms with van der Waals surface area (Å²) in [6, 6.07) is 8.11. The Bertz CT molecular complexity index is 709. The Labute approximate surface area is 129 Å². The minimum atomic E-state index is 0.499. The van der Waals surface area contributed by atoms with Crippen LogP contribution in [0.15, 0.2) is 44.0 Å². The fourth-order valence-corrected chi connectivity index (χ4v) is 3.04. The molecule has 0 bridgehead atoms. The van der Waals surface area contributed by atoms with Crippen LogP contribution in [0.3, 0.4) is 0 Å². The number of hydrogen-bond donors (Lipinski definition) is 1. The first-order valence-electron chi connectivity index (χ1n) is 6.07. The van der Waals surface area contributed by atoms with Crippen LogP contribution in [0.1, 0.15) is 11.5 Å². The highest BCUT2D eigenvalue weighted by Gasteiger charge is 2.09. The maximum Gasteiger partial charge on any atom is 0.246 e. The molecule has 0 aliphatic heterocycles. The van der Waals surface area contributed by atoms with E-state index >= 15 is 0 Å². The topological polar surface area (TPSA) is 51.0 Å². The molecular weight excluding hydrogens is 338 g/mol. The van der Waals surface area contributed by atoms with Gasteiger partial charge in [0, 0.05) is 21.1 Å². The lowest BCUT2D eigenvalue weighted by Gasteiger charge is -2.06. The number of hydrogen-bond acceptors (Lipinski definition) is 5. The van der Waals surface area contributed by atoms with Gasteiger partial charge in [-0.3, -0.25) is 0 Å². The van der Waals surface area contributed by atoms with Gasteiger partial charge in [-0.2, -0.15) is 16.3 Å². The SMILES string of the molecule is Cc1ccc(NCc2nc(-c3ccsc3)no2)c(Br)c1. The van der Waals surface area contributed by atoms with E-state index in [-0.39, 0.29) is 0 Å². The molecule has 6 heteroatoms. The van der Waals surface area contributed by atoms with Crippen LogP contribution in [0.5, 0.6) is 0 Å². The van der Waals surface area contributed by atoms with E-state index in [9.17, 15) is 0 Å². The zero-order valence-electron chi connectivity index (χ0n) is 10.8. The van der Waals surface area contributed by atoms with Crippen LogP contribution in [-0.4, -0.2) is 10.1 Å². The van der Waals surface area contributed by atoms with Gasteiger partial charge in [-0.1, -0.05) is 11.2 Å². The summed E-state index contributed by atoms with van der Waals surface area (Å²) in [4.78, 5) is 4.37. The molecule has 0 fully saturated rings. The molecule has 4 nitrogen and oxygen atoms in total. The van der Waals surface area contributed by atoms with E-state index in [1.807, 2.05) is 22.9 Å². The molecule has 0 aliphatic rings. The summed E-state index contributed by atoms with van der Waals surface area (Å²) in [5.74, 6) is 1.20. The van der Waals surface area contributed by atoms with E-state index in [2.05, 4.69) is 50.4 Å². The van der Waals surface area contributed by atoms with Gasteiger partial charge < -0.3 is 9.84 Å². The van der Waals surface area contributed by atoms with Crippen LogP contribution < -0.4 is 5.32 Å². The molecule has 0 saturated heterocycles. The highest BCUT2D eigenvalue weighted by molar-refractivity contribution is 9.10. The van der Waals surface area contributed by atoms with E-state index in [0.29, 0.717) is 18.3 Å². The smallest absolute Gasteiger partial charge is 0.246 e. The number of benzene rings is 1. The number of halogens is 1. The Hall–Kier alpha value is -1.66. The van der Waals surface area contributed by atoms with Gasteiger partial charge in [-0.05, 0) is 52.0 Å². The Morgan fingerprint density at radius 1 is 1.35 bits per heavy atom. The lowest BCUT2D eigenvalue weighted by molar-refractivity contribution is 0.384. The van der Waals surface area contributed by atoms with Gasteiger partial charge in [-0.15, -0.1) is 0 Å². The zero-order chi connectivity index (χ0) is 13.9. The predicted molar refractivity (Wildman–Crippen MR) is 83.8 cm³/mol. The fourth-order valence-electron chi connectivity index (χ4n) is 1.77. The number of aromatic nitrogens is 2. The van der Waals surface area contributed by atoms with E-state index in [1.165, 1.54) is 5.56 Å². The van der Waals surface area contributed by atoms with E-state index < -0.39 is 0 Å². The van der Waals surface area contributed by atoms with Gasteiger partial charge in [0.1, 0.15) is 0 Å². The van der Waals surface area contributed by atoms with Gasteiger partial charge in [0.15, 0.2) is 0 Å². The predicted octanol–water partition coefficient (Wildman–Crippen LogP) is 4.48. The van der Waals surface area contributed by atoms with Gasteiger partial charge in [-0.25, -0.2) is 0 Å². The first-order chi connectivity index (χ1) is 9.72. The average Bonchev–Trinajstić information content (AvgIpc) is 3.08. The number of thiophene rings is 1. The molecule has 1 aromatic carbocycles. The summed E-state index contributed by atoms with van der Waals surface area (Å²) in [7, 11) is 0. The molecule has 2 aromatic heterocycles. The molecule has 3 rings (SSSR count).